The molecule has 0 aliphatic carbocycles. The van der Waals surface area contributed by atoms with Crippen molar-refractivity contribution in [3.8, 4) is 0 Å². The van der Waals surface area contributed by atoms with Crippen LogP contribution in [0.15, 0.2) is 84.0 Å². The fraction of sp³-hybridized carbons (Fsp3) is 0.240. The van der Waals surface area contributed by atoms with Crippen molar-refractivity contribution >= 4 is 34.6 Å². The first-order valence-corrected chi connectivity index (χ1v) is 11.1. The monoisotopic (exact) mass is 453 g/mol. The number of nitrogens with zero attached hydrogens (tertiary/aromatic N) is 3. The lowest BCUT2D eigenvalue weighted by Crippen LogP contribution is -2.48. The van der Waals surface area contributed by atoms with Crippen molar-refractivity contribution in [2.24, 2.45) is 5.16 Å². The number of oxime groups is 1. The maximum atomic E-state index is 6.16. The zero-order chi connectivity index (χ0) is 21.5. The van der Waals surface area contributed by atoms with E-state index in [0.717, 1.165) is 54.6 Å². The maximum Gasteiger partial charge on any atom is 0.142 e. The van der Waals surface area contributed by atoms with Gasteiger partial charge in [0.2, 0.25) is 0 Å². The van der Waals surface area contributed by atoms with Crippen LogP contribution in [0.4, 0.5) is 5.69 Å². The fourth-order valence-electron chi connectivity index (χ4n) is 3.62. The largest absolute Gasteiger partial charge is 0.391 e. The highest BCUT2D eigenvalue weighted by molar-refractivity contribution is 6.31. The molecule has 1 heterocycles. The lowest BCUT2D eigenvalue weighted by Gasteiger charge is -2.36. The van der Waals surface area contributed by atoms with E-state index in [2.05, 4.69) is 33.2 Å². The number of benzene rings is 3. The van der Waals surface area contributed by atoms with Gasteiger partial charge in [0, 0.05) is 54.0 Å². The first-order valence-electron chi connectivity index (χ1n) is 10.4. The van der Waals surface area contributed by atoms with Crippen LogP contribution in [-0.2, 0) is 11.4 Å². The predicted octanol–water partition coefficient (Wildman–Crippen LogP) is 5.74. The second-order valence-electron chi connectivity index (χ2n) is 7.55. The lowest BCUT2D eigenvalue weighted by atomic mass is 10.1. The molecule has 160 valence electrons. The standard InChI is InChI=1S/C25H25Cl2N3O/c26-22-11-9-20(10-12-22)19-31-28-25(21-5-2-1-3-6-21)18-29-13-15-30(16-14-29)24-8-4-7-23(27)17-24/h1-12,17H,13-16,18-19H2/b28-25+. The van der Waals surface area contributed by atoms with Crippen molar-refractivity contribution in [3.63, 3.8) is 0 Å². The molecule has 3 aromatic rings. The molecule has 3 aromatic carbocycles. The Morgan fingerprint density at radius 2 is 1.55 bits per heavy atom. The summed E-state index contributed by atoms with van der Waals surface area (Å²) in [7, 11) is 0. The molecule has 0 saturated carbocycles. The number of hydrogen-bond donors (Lipinski definition) is 0. The molecule has 1 aliphatic rings. The third-order valence-electron chi connectivity index (χ3n) is 5.35. The summed E-state index contributed by atoms with van der Waals surface area (Å²) in [6.45, 7) is 4.97. The number of anilines is 1. The quantitative estimate of drug-likeness (QED) is 0.337. The molecule has 1 fully saturated rings. The minimum absolute atomic E-state index is 0.413. The number of halogens is 2. The third-order valence-corrected chi connectivity index (χ3v) is 5.83. The minimum atomic E-state index is 0.413. The summed E-state index contributed by atoms with van der Waals surface area (Å²) >= 11 is 12.1. The van der Waals surface area contributed by atoms with E-state index >= 15 is 0 Å². The Morgan fingerprint density at radius 3 is 2.26 bits per heavy atom. The molecule has 0 radical (unpaired) electrons. The normalized spacial score (nSPS) is 15.2. The van der Waals surface area contributed by atoms with Gasteiger partial charge in [0.15, 0.2) is 0 Å². The summed E-state index contributed by atoms with van der Waals surface area (Å²) in [5, 5.41) is 6.00. The Balaban J connectivity index is 1.39. The van der Waals surface area contributed by atoms with Gasteiger partial charge in [-0.1, -0.05) is 76.9 Å². The highest BCUT2D eigenvalue weighted by atomic mass is 35.5. The first-order chi connectivity index (χ1) is 15.2. The van der Waals surface area contributed by atoms with E-state index in [0.29, 0.717) is 11.6 Å². The molecule has 0 spiro atoms. The molecular formula is C25H25Cl2N3O. The molecule has 1 aliphatic heterocycles. The first kappa shape index (κ1) is 21.7. The van der Waals surface area contributed by atoms with E-state index in [9.17, 15) is 0 Å². The molecule has 4 nitrogen and oxygen atoms in total. The van der Waals surface area contributed by atoms with Gasteiger partial charge in [-0.2, -0.15) is 0 Å². The third kappa shape index (κ3) is 6.23. The van der Waals surface area contributed by atoms with Crippen molar-refractivity contribution in [2.45, 2.75) is 6.61 Å². The van der Waals surface area contributed by atoms with Crippen molar-refractivity contribution in [1.29, 1.82) is 0 Å². The van der Waals surface area contributed by atoms with Crippen LogP contribution in [0, 0.1) is 0 Å². The smallest absolute Gasteiger partial charge is 0.142 e. The Bertz CT molecular complexity index is 1000. The van der Waals surface area contributed by atoms with Crippen LogP contribution >= 0.6 is 23.2 Å². The van der Waals surface area contributed by atoms with Gasteiger partial charge in [-0.15, -0.1) is 0 Å². The molecule has 1 saturated heterocycles. The van der Waals surface area contributed by atoms with Gasteiger partial charge in [0.05, 0.1) is 0 Å². The Hall–Kier alpha value is -2.53. The van der Waals surface area contributed by atoms with Crippen LogP contribution in [-0.4, -0.2) is 43.3 Å². The average molecular weight is 454 g/mol. The van der Waals surface area contributed by atoms with Gasteiger partial charge in [-0.25, -0.2) is 0 Å². The van der Waals surface area contributed by atoms with E-state index in [4.69, 9.17) is 28.0 Å². The van der Waals surface area contributed by atoms with Crippen molar-refractivity contribution in [1.82, 2.24) is 4.90 Å². The summed E-state index contributed by atoms with van der Waals surface area (Å²) in [4.78, 5) is 10.5. The molecule has 0 unspecified atom stereocenters. The summed E-state index contributed by atoms with van der Waals surface area (Å²) in [6, 6.07) is 25.9. The van der Waals surface area contributed by atoms with E-state index in [-0.39, 0.29) is 0 Å². The molecule has 4 rings (SSSR count). The second-order valence-corrected chi connectivity index (χ2v) is 8.42. The van der Waals surface area contributed by atoms with E-state index in [1.807, 2.05) is 60.7 Å². The zero-order valence-electron chi connectivity index (χ0n) is 17.3. The van der Waals surface area contributed by atoms with E-state index < -0.39 is 0 Å². The number of rotatable bonds is 7. The highest BCUT2D eigenvalue weighted by Gasteiger charge is 2.19. The highest BCUT2D eigenvalue weighted by Crippen LogP contribution is 2.21. The predicted molar refractivity (Wildman–Crippen MR) is 129 cm³/mol. The van der Waals surface area contributed by atoms with Crippen LogP contribution in [0.2, 0.25) is 10.0 Å². The van der Waals surface area contributed by atoms with E-state index in [1.165, 1.54) is 5.69 Å². The van der Waals surface area contributed by atoms with Crippen molar-refractivity contribution in [2.75, 3.05) is 37.6 Å². The molecule has 0 bridgehead atoms. The summed E-state index contributed by atoms with van der Waals surface area (Å²) in [5.41, 5.74) is 4.23. The average Bonchev–Trinajstić information content (AvgIpc) is 2.81. The molecule has 0 N–H and O–H groups in total. The number of piperazine rings is 1. The molecule has 0 atom stereocenters. The zero-order valence-corrected chi connectivity index (χ0v) is 18.8. The Morgan fingerprint density at radius 1 is 0.806 bits per heavy atom. The molecular weight excluding hydrogens is 429 g/mol. The molecule has 6 heteroatoms. The van der Waals surface area contributed by atoms with Gasteiger partial charge in [-0.05, 0) is 35.9 Å². The number of hydrogen-bond acceptors (Lipinski definition) is 4. The van der Waals surface area contributed by atoms with Gasteiger partial charge in [0.1, 0.15) is 12.3 Å². The summed E-state index contributed by atoms with van der Waals surface area (Å²) < 4.78 is 0. The van der Waals surface area contributed by atoms with Crippen LogP contribution in [0.25, 0.3) is 0 Å². The van der Waals surface area contributed by atoms with Gasteiger partial charge < -0.3 is 9.74 Å². The van der Waals surface area contributed by atoms with Crippen molar-refractivity contribution < 1.29 is 4.84 Å². The van der Waals surface area contributed by atoms with Crippen LogP contribution < -0.4 is 4.90 Å². The molecule has 0 amide bonds. The van der Waals surface area contributed by atoms with Crippen molar-refractivity contribution in [3.05, 3.63) is 100 Å². The topological polar surface area (TPSA) is 28.1 Å². The molecule has 0 aromatic heterocycles. The van der Waals surface area contributed by atoms with E-state index in [1.54, 1.807) is 0 Å². The Labute approximate surface area is 193 Å². The molecule has 31 heavy (non-hydrogen) atoms. The van der Waals surface area contributed by atoms with Crippen LogP contribution in [0.3, 0.4) is 0 Å². The van der Waals surface area contributed by atoms with Gasteiger partial charge in [0.25, 0.3) is 0 Å². The van der Waals surface area contributed by atoms with Crippen LogP contribution in [0.5, 0.6) is 0 Å². The minimum Gasteiger partial charge on any atom is -0.391 e. The Kier molecular flexibility index (Phi) is 7.47. The summed E-state index contributed by atoms with van der Waals surface area (Å²) in [6.07, 6.45) is 0. The lowest BCUT2D eigenvalue weighted by molar-refractivity contribution is 0.129. The van der Waals surface area contributed by atoms with Crippen LogP contribution in [0.1, 0.15) is 11.1 Å². The van der Waals surface area contributed by atoms with Gasteiger partial charge in [-0.3, -0.25) is 4.90 Å². The SMILES string of the molecule is Clc1ccc(CO/N=C(\CN2CCN(c3cccc(Cl)c3)CC2)c2ccccc2)cc1. The summed E-state index contributed by atoms with van der Waals surface area (Å²) in [5.74, 6) is 0. The maximum absolute atomic E-state index is 6.16. The fourth-order valence-corrected chi connectivity index (χ4v) is 3.93. The second kappa shape index (κ2) is 10.7. The van der Waals surface area contributed by atoms with Gasteiger partial charge >= 0.3 is 0 Å².